The summed E-state index contributed by atoms with van der Waals surface area (Å²) < 4.78 is 5.78. The first-order chi connectivity index (χ1) is 12.6. The quantitative estimate of drug-likeness (QED) is 0.340. The lowest BCUT2D eigenvalue weighted by molar-refractivity contribution is -0.139. The molecule has 0 saturated heterocycles. The minimum Gasteiger partial charge on any atom is -0.488 e. The second-order valence-electron chi connectivity index (χ2n) is 5.15. The molecule has 0 aliphatic rings. The van der Waals surface area contributed by atoms with Crippen LogP contribution in [0.15, 0.2) is 66.3 Å². The Morgan fingerprint density at radius 1 is 1.15 bits per heavy atom. The van der Waals surface area contributed by atoms with Crippen LogP contribution in [0, 0.1) is 0 Å². The zero-order chi connectivity index (χ0) is 18.8. The van der Waals surface area contributed by atoms with Gasteiger partial charge in [-0.3, -0.25) is 9.59 Å². The molecular weight excluding hydrogens is 354 g/mol. The van der Waals surface area contributed by atoms with Crippen LogP contribution in [0.25, 0.3) is 0 Å². The monoisotopic (exact) mass is 371 g/mol. The number of hydrazone groups is 1. The molecule has 0 saturated carbocycles. The van der Waals surface area contributed by atoms with E-state index >= 15 is 0 Å². The lowest BCUT2D eigenvalue weighted by Crippen LogP contribution is -2.37. The third kappa shape index (κ3) is 6.07. The minimum atomic E-state index is -0.878. The number of carbonyl (C=O) groups is 2. The van der Waals surface area contributed by atoms with Crippen molar-refractivity contribution in [3.8, 4) is 5.75 Å². The lowest BCUT2D eigenvalue weighted by atomic mass is 10.2. The first-order valence-electron chi connectivity index (χ1n) is 7.78. The Labute approximate surface area is 156 Å². The van der Waals surface area contributed by atoms with Gasteiger partial charge in [0.25, 0.3) is 0 Å². The predicted octanol–water partition coefficient (Wildman–Crippen LogP) is 2.67. The van der Waals surface area contributed by atoms with E-state index in [1.54, 1.807) is 18.2 Å². The highest BCUT2D eigenvalue weighted by Gasteiger charge is 2.11. The molecule has 2 rings (SSSR count). The Hall–Kier alpha value is -3.12. The number of halogens is 1. The average Bonchev–Trinajstić information content (AvgIpc) is 2.66. The summed E-state index contributed by atoms with van der Waals surface area (Å²) >= 11 is 6.01. The van der Waals surface area contributed by atoms with Crippen LogP contribution in [-0.4, -0.2) is 24.6 Å². The molecule has 2 amide bonds. The van der Waals surface area contributed by atoms with Gasteiger partial charge < -0.3 is 10.1 Å². The Bertz CT molecular complexity index is 807. The number of amides is 2. The third-order valence-corrected chi connectivity index (χ3v) is 3.43. The molecule has 0 spiro atoms. The molecule has 0 bridgehead atoms. The summed E-state index contributed by atoms with van der Waals surface area (Å²) in [4.78, 5) is 23.0. The molecule has 6 nitrogen and oxygen atoms in total. The second-order valence-corrected chi connectivity index (χ2v) is 5.59. The standard InChI is InChI=1S/C19H18ClN3O3/c1-2-10-21-18(24)19(25)23-22-12-15-11-16(20)8-9-17(15)26-13-14-6-4-3-5-7-14/h2-9,11-12H,1,10,13H2,(H,21,24)(H,23,25)/b22-12-. The normalized spacial score (nSPS) is 10.3. The van der Waals surface area contributed by atoms with E-state index in [1.807, 2.05) is 30.3 Å². The van der Waals surface area contributed by atoms with Crippen molar-refractivity contribution in [2.45, 2.75) is 6.61 Å². The molecule has 0 aromatic heterocycles. The third-order valence-electron chi connectivity index (χ3n) is 3.19. The van der Waals surface area contributed by atoms with Crippen molar-refractivity contribution >= 4 is 29.6 Å². The molecule has 2 aromatic carbocycles. The number of rotatable bonds is 7. The van der Waals surface area contributed by atoms with E-state index in [2.05, 4.69) is 22.4 Å². The predicted molar refractivity (Wildman–Crippen MR) is 101 cm³/mol. The van der Waals surface area contributed by atoms with Gasteiger partial charge in [0, 0.05) is 17.1 Å². The summed E-state index contributed by atoms with van der Waals surface area (Å²) in [6.45, 7) is 4.02. The Balaban J connectivity index is 2.01. The van der Waals surface area contributed by atoms with E-state index in [4.69, 9.17) is 16.3 Å². The molecule has 0 aliphatic heterocycles. The molecule has 0 aliphatic carbocycles. The number of nitrogens with one attached hydrogen (secondary N) is 2. The number of hydrogen-bond acceptors (Lipinski definition) is 4. The highest BCUT2D eigenvalue weighted by atomic mass is 35.5. The molecule has 0 heterocycles. The second kappa shape index (κ2) is 10.0. The van der Waals surface area contributed by atoms with Crippen molar-refractivity contribution in [3.05, 3.63) is 77.3 Å². The average molecular weight is 372 g/mol. The van der Waals surface area contributed by atoms with Crippen LogP contribution >= 0.6 is 11.6 Å². The van der Waals surface area contributed by atoms with Crippen LogP contribution in [0.4, 0.5) is 0 Å². The maximum atomic E-state index is 11.6. The maximum absolute atomic E-state index is 11.6. The first kappa shape index (κ1) is 19.2. The fourth-order valence-corrected chi connectivity index (χ4v) is 2.12. The summed E-state index contributed by atoms with van der Waals surface area (Å²) in [6.07, 6.45) is 2.83. The van der Waals surface area contributed by atoms with Gasteiger partial charge >= 0.3 is 11.8 Å². The van der Waals surface area contributed by atoms with Crippen molar-refractivity contribution in [1.82, 2.24) is 10.7 Å². The molecule has 0 atom stereocenters. The van der Waals surface area contributed by atoms with E-state index < -0.39 is 11.8 Å². The Kier molecular flexibility index (Phi) is 7.39. The topological polar surface area (TPSA) is 79.8 Å². The summed E-state index contributed by atoms with van der Waals surface area (Å²) in [5, 5.41) is 6.62. The van der Waals surface area contributed by atoms with E-state index in [1.165, 1.54) is 12.3 Å². The van der Waals surface area contributed by atoms with Crippen molar-refractivity contribution in [1.29, 1.82) is 0 Å². The van der Waals surface area contributed by atoms with Crippen LogP contribution in [0.1, 0.15) is 11.1 Å². The highest BCUT2D eigenvalue weighted by Crippen LogP contribution is 2.22. The van der Waals surface area contributed by atoms with Crippen molar-refractivity contribution < 1.29 is 14.3 Å². The highest BCUT2D eigenvalue weighted by molar-refractivity contribution is 6.35. The zero-order valence-electron chi connectivity index (χ0n) is 13.9. The van der Waals surface area contributed by atoms with Crippen LogP contribution in [0.3, 0.4) is 0 Å². The summed E-state index contributed by atoms with van der Waals surface area (Å²) in [7, 11) is 0. The van der Waals surface area contributed by atoms with Gasteiger partial charge in [0.15, 0.2) is 0 Å². The molecular formula is C19H18ClN3O3. The van der Waals surface area contributed by atoms with Crippen molar-refractivity contribution in [2.24, 2.45) is 5.10 Å². The van der Waals surface area contributed by atoms with Crippen LogP contribution in [0.2, 0.25) is 5.02 Å². The van der Waals surface area contributed by atoms with Gasteiger partial charge in [-0.25, -0.2) is 5.43 Å². The van der Waals surface area contributed by atoms with Gasteiger partial charge in [0.05, 0.1) is 6.21 Å². The Morgan fingerprint density at radius 2 is 1.92 bits per heavy atom. The maximum Gasteiger partial charge on any atom is 0.329 e. The fraction of sp³-hybridized carbons (Fsp3) is 0.105. The number of carbonyl (C=O) groups excluding carboxylic acids is 2. The summed E-state index contributed by atoms with van der Waals surface area (Å²) in [5.74, 6) is -1.13. The van der Waals surface area contributed by atoms with Gasteiger partial charge in [-0.2, -0.15) is 5.10 Å². The number of benzene rings is 2. The molecule has 26 heavy (non-hydrogen) atoms. The van der Waals surface area contributed by atoms with E-state index in [9.17, 15) is 9.59 Å². The molecule has 2 aromatic rings. The SMILES string of the molecule is C=CCNC(=O)C(=O)N/N=C\c1cc(Cl)ccc1OCc1ccccc1. The van der Waals surface area contributed by atoms with Crippen LogP contribution in [0.5, 0.6) is 5.75 Å². The largest absolute Gasteiger partial charge is 0.488 e. The molecule has 2 N–H and O–H groups in total. The number of ether oxygens (including phenoxy) is 1. The van der Waals surface area contributed by atoms with Gasteiger partial charge in [-0.1, -0.05) is 48.0 Å². The van der Waals surface area contributed by atoms with E-state index in [-0.39, 0.29) is 6.54 Å². The molecule has 0 unspecified atom stereocenters. The molecule has 134 valence electrons. The first-order valence-corrected chi connectivity index (χ1v) is 8.16. The van der Waals surface area contributed by atoms with E-state index in [0.29, 0.717) is 22.9 Å². The molecule has 0 fully saturated rings. The summed E-state index contributed by atoms with van der Waals surface area (Å²) in [5.41, 5.74) is 3.73. The van der Waals surface area contributed by atoms with Gasteiger partial charge in [-0.15, -0.1) is 6.58 Å². The number of nitrogens with zero attached hydrogens (tertiary/aromatic N) is 1. The molecule has 7 heteroatoms. The van der Waals surface area contributed by atoms with Gasteiger partial charge in [0.1, 0.15) is 12.4 Å². The van der Waals surface area contributed by atoms with Crippen LogP contribution in [-0.2, 0) is 16.2 Å². The zero-order valence-corrected chi connectivity index (χ0v) is 14.7. The van der Waals surface area contributed by atoms with Gasteiger partial charge in [-0.05, 0) is 23.8 Å². The number of hydrogen-bond donors (Lipinski definition) is 2. The summed E-state index contributed by atoms with van der Waals surface area (Å²) in [6, 6.07) is 14.7. The van der Waals surface area contributed by atoms with Crippen molar-refractivity contribution in [3.63, 3.8) is 0 Å². The van der Waals surface area contributed by atoms with Crippen LogP contribution < -0.4 is 15.5 Å². The Morgan fingerprint density at radius 3 is 2.65 bits per heavy atom. The van der Waals surface area contributed by atoms with Crippen molar-refractivity contribution in [2.75, 3.05) is 6.54 Å². The lowest BCUT2D eigenvalue weighted by Gasteiger charge is -2.09. The smallest absolute Gasteiger partial charge is 0.329 e. The van der Waals surface area contributed by atoms with E-state index in [0.717, 1.165) is 5.56 Å². The molecule has 0 radical (unpaired) electrons. The van der Waals surface area contributed by atoms with Gasteiger partial charge in [0.2, 0.25) is 0 Å². The fourth-order valence-electron chi connectivity index (χ4n) is 1.94. The minimum absolute atomic E-state index is 0.196.